The number of aryl methyl sites for hydroxylation is 1. The van der Waals surface area contributed by atoms with Crippen LogP contribution < -0.4 is 15.0 Å². The minimum Gasteiger partial charge on any atom is -0.462 e. The number of aromatic amines is 1. The fourth-order valence-electron chi connectivity index (χ4n) is 6.05. The number of likely N-dealkylation sites (N-methyl/N-ethyl adjacent to an activating group) is 1. The van der Waals surface area contributed by atoms with Gasteiger partial charge in [0.25, 0.3) is 5.91 Å². The molecule has 3 aliphatic heterocycles. The molecule has 2 aromatic heterocycles. The lowest BCUT2D eigenvalue weighted by Crippen LogP contribution is -2.55. The van der Waals surface area contributed by atoms with Gasteiger partial charge in [-0.05, 0) is 50.9 Å². The van der Waals surface area contributed by atoms with Crippen molar-refractivity contribution in [2.75, 3.05) is 50.1 Å². The first-order valence-electron chi connectivity index (χ1n) is 13.9. The number of piperazine rings is 1. The third-order valence-corrected chi connectivity index (χ3v) is 8.34. The van der Waals surface area contributed by atoms with Crippen LogP contribution in [-0.2, 0) is 16.1 Å². The number of ether oxygens (including phenoxy) is 2. The van der Waals surface area contributed by atoms with E-state index in [4.69, 9.17) is 25.9 Å². The van der Waals surface area contributed by atoms with E-state index in [2.05, 4.69) is 44.4 Å². The summed E-state index contributed by atoms with van der Waals surface area (Å²) in [6, 6.07) is 6.48. The Morgan fingerprint density at radius 1 is 1.27 bits per heavy atom. The molecular formula is C29H33N9O3. The van der Waals surface area contributed by atoms with E-state index < -0.39 is 12.1 Å². The van der Waals surface area contributed by atoms with Crippen LogP contribution in [0.4, 0.5) is 11.6 Å². The van der Waals surface area contributed by atoms with Crippen LogP contribution in [0.25, 0.3) is 10.9 Å². The summed E-state index contributed by atoms with van der Waals surface area (Å²) in [6.45, 7) is 5.15. The Hall–Kier alpha value is -4.39. The van der Waals surface area contributed by atoms with Gasteiger partial charge < -0.3 is 29.5 Å². The number of carbonyl (C=O) groups is 1. The number of nitrogens with zero attached hydrogens (tertiary/aromatic N) is 7. The van der Waals surface area contributed by atoms with Crippen molar-refractivity contribution in [3.63, 3.8) is 0 Å². The van der Waals surface area contributed by atoms with Gasteiger partial charge in [-0.3, -0.25) is 9.89 Å². The number of likely N-dealkylation sites (tertiary alicyclic amines) is 1. The summed E-state index contributed by atoms with van der Waals surface area (Å²) in [4.78, 5) is 28.0. The zero-order valence-electron chi connectivity index (χ0n) is 23.3. The van der Waals surface area contributed by atoms with Crippen molar-refractivity contribution >= 4 is 28.4 Å². The summed E-state index contributed by atoms with van der Waals surface area (Å²) in [5, 5.41) is 21.2. The van der Waals surface area contributed by atoms with Gasteiger partial charge in [0.05, 0.1) is 42.4 Å². The maximum atomic E-state index is 12.4. The molecule has 0 radical (unpaired) electrons. The van der Waals surface area contributed by atoms with Crippen molar-refractivity contribution in [2.24, 2.45) is 0 Å². The van der Waals surface area contributed by atoms with Gasteiger partial charge in [-0.25, -0.2) is 0 Å². The predicted molar refractivity (Wildman–Crippen MR) is 152 cm³/mol. The molecule has 6 rings (SSSR count). The zero-order valence-corrected chi connectivity index (χ0v) is 23.3. The van der Waals surface area contributed by atoms with Crippen LogP contribution in [0.2, 0.25) is 0 Å². The van der Waals surface area contributed by atoms with E-state index in [9.17, 15) is 10.1 Å². The average Bonchev–Trinajstić information content (AvgIpc) is 3.63. The Bertz CT molecular complexity index is 1540. The number of nitriles is 1. The van der Waals surface area contributed by atoms with Gasteiger partial charge in [-0.15, -0.1) is 6.42 Å². The van der Waals surface area contributed by atoms with E-state index in [1.165, 1.54) is 0 Å². The molecule has 212 valence electrons. The average molecular weight is 556 g/mol. The first-order chi connectivity index (χ1) is 20.0. The van der Waals surface area contributed by atoms with Crippen LogP contribution in [0.1, 0.15) is 42.2 Å². The molecule has 1 amide bonds. The number of terminal acetylenes is 1. The van der Waals surface area contributed by atoms with Crippen LogP contribution in [0.3, 0.4) is 0 Å². The minimum atomic E-state index is -0.447. The Morgan fingerprint density at radius 3 is 2.93 bits per heavy atom. The topological polar surface area (TPSA) is 136 Å². The monoisotopic (exact) mass is 555 g/mol. The van der Waals surface area contributed by atoms with Crippen molar-refractivity contribution in [3.8, 4) is 24.4 Å². The molecule has 12 nitrogen and oxygen atoms in total. The quantitative estimate of drug-likeness (QED) is 0.436. The van der Waals surface area contributed by atoms with Crippen molar-refractivity contribution in [2.45, 2.75) is 51.1 Å². The van der Waals surface area contributed by atoms with E-state index in [1.807, 2.05) is 25.3 Å². The van der Waals surface area contributed by atoms with Crippen LogP contribution in [0.5, 0.6) is 6.01 Å². The highest BCUT2D eigenvalue weighted by Crippen LogP contribution is 2.39. The highest BCUT2D eigenvalue weighted by molar-refractivity contribution is 5.93. The van der Waals surface area contributed by atoms with E-state index in [0.717, 1.165) is 47.0 Å². The molecule has 1 aromatic carbocycles. The first-order valence-corrected chi connectivity index (χ1v) is 13.9. The van der Waals surface area contributed by atoms with Crippen LogP contribution in [0, 0.1) is 30.6 Å². The minimum absolute atomic E-state index is 0.166. The third kappa shape index (κ3) is 5.12. The standard InChI is InChI=1S/C29H33N9O3/c1-4-24(39)38-13-12-37(15-19(38)9-10-30)27-22-17-40-28(25-18(2)7-8-23-21(25)14-31-35-23)32-26(22)33-29(34-27)41-16-20-6-5-11-36(20)3/h1,7-8,14,19-20,28H,5-6,9,11-13,15-17H2,2-3H3,(H,31,35)(H,32,33,34)/t19-,20-,28?/m0/s1. The van der Waals surface area contributed by atoms with Gasteiger partial charge in [-0.2, -0.15) is 20.3 Å². The SMILES string of the molecule is C#CC(=O)N1CCN(c2nc(OC[C@@H]3CCCN3C)nc3c2COC(c2c(C)ccc4[nH]ncc24)N3)C[C@@H]1CC#N. The van der Waals surface area contributed by atoms with Gasteiger partial charge in [-0.1, -0.05) is 6.07 Å². The fourth-order valence-corrected chi connectivity index (χ4v) is 6.05. The van der Waals surface area contributed by atoms with E-state index in [0.29, 0.717) is 43.9 Å². The molecule has 3 aliphatic rings. The number of nitrogens with one attached hydrogen (secondary N) is 2. The largest absolute Gasteiger partial charge is 0.462 e. The summed E-state index contributed by atoms with van der Waals surface area (Å²) >= 11 is 0. The molecule has 3 atom stereocenters. The Morgan fingerprint density at radius 2 is 2.15 bits per heavy atom. The normalized spacial score (nSPS) is 22.6. The van der Waals surface area contributed by atoms with Crippen LogP contribution in [-0.4, -0.2) is 87.8 Å². The van der Waals surface area contributed by atoms with Crippen LogP contribution >= 0.6 is 0 Å². The number of hydrogen-bond acceptors (Lipinski definition) is 10. The number of rotatable bonds is 6. The van der Waals surface area contributed by atoms with Crippen molar-refractivity contribution in [1.82, 2.24) is 30.0 Å². The maximum Gasteiger partial charge on any atom is 0.320 e. The molecule has 1 unspecified atom stereocenters. The molecule has 12 heteroatoms. The van der Waals surface area contributed by atoms with E-state index in [-0.39, 0.29) is 25.1 Å². The number of benzene rings is 1. The number of anilines is 2. The Balaban J connectivity index is 1.34. The molecule has 0 bridgehead atoms. The molecular weight excluding hydrogens is 522 g/mol. The van der Waals surface area contributed by atoms with Gasteiger partial charge in [0.15, 0.2) is 6.23 Å². The second-order valence-corrected chi connectivity index (χ2v) is 10.8. The Labute approximate surface area is 238 Å². The third-order valence-electron chi connectivity index (χ3n) is 8.34. The van der Waals surface area contributed by atoms with Gasteiger partial charge in [0, 0.05) is 36.6 Å². The lowest BCUT2D eigenvalue weighted by molar-refractivity contribution is -0.127. The summed E-state index contributed by atoms with van der Waals surface area (Å²) in [5.41, 5.74) is 3.80. The summed E-state index contributed by atoms with van der Waals surface area (Å²) in [5.74, 6) is 3.10. The second-order valence-electron chi connectivity index (χ2n) is 10.8. The highest BCUT2D eigenvalue weighted by Gasteiger charge is 2.35. The molecule has 2 saturated heterocycles. The predicted octanol–water partition coefficient (Wildman–Crippen LogP) is 2.34. The first kappa shape index (κ1) is 26.8. The zero-order chi connectivity index (χ0) is 28.5. The van der Waals surface area contributed by atoms with Gasteiger partial charge >= 0.3 is 6.01 Å². The number of carbonyl (C=O) groups excluding carboxylic acids is 1. The highest BCUT2D eigenvalue weighted by atomic mass is 16.5. The molecule has 2 fully saturated rings. The lowest BCUT2D eigenvalue weighted by atomic mass is 10.0. The van der Waals surface area contributed by atoms with Crippen LogP contribution in [0.15, 0.2) is 18.3 Å². The van der Waals surface area contributed by atoms with Crippen molar-refractivity contribution < 1.29 is 14.3 Å². The Kier molecular flexibility index (Phi) is 7.35. The molecule has 0 spiro atoms. The number of hydrogen-bond donors (Lipinski definition) is 2. The van der Waals surface area contributed by atoms with E-state index in [1.54, 1.807) is 4.90 Å². The maximum absolute atomic E-state index is 12.4. The number of fused-ring (bicyclic) bond motifs is 2. The second kappa shape index (κ2) is 11.2. The van der Waals surface area contributed by atoms with Gasteiger partial charge in [0.2, 0.25) is 0 Å². The summed E-state index contributed by atoms with van der Waals surface area (Å²) in [7, 11) is 2.11. The number of H-pyrrole nitrogens is 1. The molecule has 41 heavy (non-hydrogen) atoms. The number of aromatic nitrogens is 4. The molecule has 3 aromatic rings. The van der Waals surface area contributed by atoms with Gasteiger partial charge in [0.1, 0.15) is 18.2 Å². The lowest BCUT2D eigenvalue weighted by Gasteiger charge is -2.41. The summed E-state index contributed by atoms with van der Waals surface area (Å²) < 4.78 is 12.6. The number of amides is 1. The van der Waals surface area contributed by atoms with E-state index >= 15 is 0 Å². The molecule has 0 saturated carbocycles. The smallest absolute Gasteiger partial charge is 0.320 e. The molecule has 2 N–H and O–H groups in total. The molecule has 0 aliphatic carbocycles. The fraction of sp³-hybridized carbons (Fsp3) is 0.483. The summed E-state index contributed by atoms with van der Waals surface area (Å²) in [6.07, 6.45) is 9.14. The van der Waals surface area contributed by atoms with Crippen molar-refractivity contribution in [3.05, 3.63) is 35.0 Å². The van der Waals surface area contributed by atoms with Crippen molar-refractivity contribution in [1.29, 1.82) is 5.26 Å². The molecule has 5 heterocycles.